The maximum atomic E-state index is 12.2. The first-order chi connectivity index (χ1) is 10.0. The van der Waals surface area contributed by atoms with Crippen LogP contribution < -0.4 is 0 Å². The van der Waals surface area contributed by atoms with Crippen LogP contribution in [0, 0.1) is 11.3 Å². The van der Waals surface area contributed by atoms with Crippen LogP contribution in [0.1, 0.15) is 15.9 Å². The lowest BCUT2D eigenvalue weighted by atomic mass is 10.0. The average molecular weight is 363 g/mol. The number of rotatable bonds is 3. The summed E-state index contributed by atoms with van der Waals surface area (Å²) in [5, 5.41) is 19.5. The summed E-state index contributed by atoms with van der Waals surface area (Å²) in [6, 6.07) is 13.3. The Morgan fingerprint density at radius 2 is 1.95 bits per heavy atom. The second-order valence-electron chi connectivity index (χ2n) is 4.19. The summed E-state index contributed by atoms with van der Waals surface area (Å²) >= 11 is 9.07. The number of halogens is 2. The van der Waals surface area contributed by atoms with Gasteiger partial charge in [-0.3, -0.25) is 4.79 Å². The van der Waals surface area contributed by atoms with E-state index in [0.29, 0.717) is 20.6 Å². The molecule has 3 nitrogen and oxygen atoms in total. The van der Waals surface area contributed by atoms with Gasteiger partial charge in [0.2, 0.25) is 5.78 Å². The van der Waals surface area contributed by atoms with E-state index in [1.807, 2.05) is 6.07 Å². The fourth-order valence-electron chi connectivity index (χ4n) is 1.75. The molecule has 0 atom stereocenters. The molecule has 0 radical (unpaired) electrons. The lowest BCUT2D eigenvalue weighted by Crippen LogP contribution is -2.01. The molecule has 0 spiro atoms. The van der Waals surface area contributed by atoms with Crippen molar-refractivity contribution >= 4 is 39.4 Å². The number of phenols is 1. The maximum Gasteiger partial charge on any atom is 0.203 e. The van der Waals surface area contributed by atoms with Crippen LogP contribution in [0.4, 0.5) is 0 Å². The van der Waals surface area contributed by atoms with Crippen molar-refractivity contribution in [2.24, 2.45) is 0 Å². The van der Waals surface area contributed by atoms with Crippen molar-refractivity contribution in [2.45, 2.75) is 0 Å². The van der Waals surface area contributed by atoms with Gasteiger partial charge in [-0.15, -0.1) is 0 Å². The topological polar surface area (TPSA) is 61.1 Å². The van der Waals surface area contributed by atoms with Crippen molar-refractivity contribution in [3.8, 4) is 11.8 Å². The molecule has 0 aliphatic carbocycles. The molecular weight excluding hydrogens is 354 g/mol. The van der Waals surface area contributed by atoms with Crippen LogP contribution in [0.3, 0.4) is 0 Å². The molecule has 5 heteroatoms. The zero-order valence-corrected chi connectivity index (χ0v) is 13.0. The summed E-state index contributed by atoms with van der Waals surface area (Å²) in [4.78, 5) is 12.2. The van der Waals surface area contributed by atoms with Crippen molar-refractivity contribution in [1.82, 2.24) is 0 Å². The van der Waals surface area contributed by atoms with Crippen LogP contribution in [-0.2, 0) is 0 Å². The number of benzene rings is 2. The van der Waals surface area contributed by atoms with Gasteiger partial charge in [-0.2, -0.15) is 5.26 Å². The summed E-state index contributed by atoms with van der Waals surface area (Å²) in [5.74, 6) is -0.485. The highest BCUT2D eigenvalue weighted by Gasteiger charge is 2.14. The van der Waals surface area contributed by atoms with E-state index in [0.717, 1.165) is 0 Å². The zero-order valence-electron chi connectivity index (χ0n) is 10.7. The van der Waals surface area contributed by atoms with E-state index in [1.54, 1.807) is 30.3 Å². The van der Waals surface area contributed by atoms with Crippen molar-refractivity contribution in [2.75, 3.05) is 0 Å². The van der Waals surface area contributed by atoms with Gasteiger partial charge in [-0.05, 0) is 34.1 Å². The first-order valence-electron chi connectivity index (χ1n) is 5.92. The highest BCUT2D eigenvalue weighted by molar-refractivity contribution is 9.10. The Bertz CT molecular complexity index is 764. The molecule has 2 aromatic rings. The van der Waals surface area contributed by atoms with Gasteiger partial charge in [0.05, 0.1) is 4.47 Å². The summed E-state index contributed by atoms with van der Waals surface area (Å²) < 4.78 is 0.394. The number of carbonyl (C=O) groups excluding carboxylic acids is 1. The Hall–Kier alpha value is -2.09. The molecule has 2 rings (SSSR count). The van der Waals surface area contributed by atoms with E-state index in [-0.39, 0.29) is 11.3 Å². The smallest absolute Gasteiger partial charge is 0.203 e. The molecule has 0 heterocycles. The fraction of sp³-hybridized carbons (Fsp3) is 0. The van der Waals surface area contributed by atoms with Crippen LogP contribution in [0.15, 0.2) is 52.5 Å². The van der Waals surface area contributed by atoms with Gasteiger partial charge < -0.3 is 5.11 Å². The van der Waals surface area contributed by atoms with Crippen molar-refractivity contribution in [3.63, 3.8) is 0 Å². The van der Waals surface area contributed by atoms with Gasteiger partial charge in [0.1, 0.15) is 17.4 Å². The Morgan fingerprint density at radius 3 is 2.57 bits per heavy atom. The first kappa shape index (κ1) is 15.3. The quantitative estimate of drug-likeness (QED) is 0.493. The molecular formula is C16H9BrClNO2. The zero-order chi connectivity index (χ0) is 15.4. The van der Waals surface area contributed by atoms with Crippen molar-refractivity contribution in [3.05, 3.63) is 68.7 Å². The molecule has 0 aliphatic heterocycles. The molecule has 0 aliphatic rings. The highest BCUT2D eigenvalue weighted by atomic mass is 79.9. The summed E-state index contributed by atoms with van der Waals surface area (Å²) in [6.07, 6.45) is 1.32. The van der Waals surface area contributed by atoms with Gasteiger partial charge >= 0.3 is 0 Å². The number of aromatic hydroxyl groups is 1. The lowest BCUT2D eigenvalue weighted by molar-refractivity contribution is 0.104. The predicted octanol–water partition coefficient (Wildman–Crippen LogP) is 4.60. The molecule has 0 bridgehead atoms. The summed E-state index contributed by atoms with van der Waals surface area (Å²) in [7, 11) is 0. The minimum atomic E-state index is -0.409. The fourth-order valence-corrected chi connectivity index (χ4v) is 2.58. The number of hydrogen-bond acceptors (Lipinski definition) is 3. The van der Waals surface area contributed by atoms with E-state index in [4.69, 9.17) is 11.6 Å². The van der Waals surface area contributed by atoms with Gasteiger partial charge in [-0.1, -0.05) is 41.9 Å². The van der Waals surface area contributed by atoms with E-state index in [1.165, 1.54) is 18.2 Å². The predicted molar refractivity (Wildman–Crippen MR) is 85.2 cm³/mol. The number of ketones is 1. The first-order valence-corrected chi connectivity index (χ1v) is 7.09. The van der Waals surface area contributed by atoms with Crippen molar-refractivity contribution < 1.29 is 9.90 Å². The van der Waals surface area contributed by atoms with Gasteiger partial charge in [0, 0.05) is 16.1 Å². The standard InChI is InChI=1S/C16H9BrClNO2/c17-14-8-13(18)7-11(16(14)21)6-12(9-19)15(20)10-4-2-1-3-5-10/h1-8,21H/b12-6+. The van der Waals surface area contributed by atoms with E-state index < -0.39 is 5.78 Å². The second-order valence-corrected chi connectivity index (χ2v) is 5.48. The van der Waals surface area contributed by atoms with E-state index >= 15 is 0 Å². The molecule has 21 heavy (non-hydrogen) atoms. The number of Topliss-reactive ketones (excluding diaryl/α,β-unsaturated/α-hetero) is 1. The number of phenolic OH excluding ortho intramolecular Hbond substituents is 1. The normalized spacial score (nSPS) is 11.0. The van der Waals surface area contributed by atoms with Crippen molar-refractivity contribution in [1.29, 1.82) is 5.26 Å². The maximum absolute atomic E-state index is 12.2. The van der Waals surface area contributed by atoms with E-state index in [2.05, 4.69) is 15.9 Å². The lowest BCUT2D eigenvalue weighted by Gasteiger charge is -2.04. The van der Waals surface area contributed by atoms with Crippen LogP contribution in [0.2, 0.25) is 5.02 Å². The van der Waals surface area contributed by atoms with E-state index in [9.17, 15) is 15.2 Å². The molecule has 0 saturated heterocycles. The molecule has 0 aromatic heterocycles. The van der Waals surface area contributed by atoms with Crippen LogP contribution in [0.5, 0.6) is 5.75 Å². The Morgan fingerprint density at radius 1 is 1.29 bits per heavy atom. The van der Waals surface area contributed by atoms with Crippen LogP contribution in [-0.4, -0.2) is 10.9 Å². The Balaban J connectivity index is 2.48. The molecule has 0 unspecified atom stereocenters. The monoisotopic (exact) mass is 361 g/mol. The number of nitrogens with zero attached hydrogens (tertiary/aromatic N) is 1. The largest absolute Gasteiger partial charge is 0.506 e. The third kappa shape index (κ3) is 3.52. The number of nitriles is 1. The van der Waals surface area contributed by atoms with Gasteiger partial charge in [0.15, 0.2) is 0 Å². The summed E-state index contributed by atoms with van der Waals surface area (Å²) in [5.41, 5.74) is 0.631. The van der Waals surface area contributed by atoms with Gasteiger partial charge in [0.25, 0.3) is 0 Å². The minimum absolute atomic E-state index is 0.0759. The molecule has 1 N–H and O–H groups in total. The number of hydrogen-bond donors (Lipinski definition) is 1. The molecule has 0 fully saturated rings. The van der Waals surface area contributed by atoms with Crippen LogP contribution in [0.25, 0.3) is 6.08 Å². The molecule has 0 amide bonds. The molecule has 104 valence electrons. The molecule has 2 aromatic carbocycles. The van der Waals surface area contributed by atoms with Gasteiger partial charge in [-0.25, -0.2) is 0 Å². The Kier molecular flexibility index (Phi) is 4.79. The number of carbonyl (C=O) groups is 1. The SMILES string of the molecule is N#C/C(=C\c1cc(Cl)cc(Br)c1O)C(=O)c1ccccc1. The third-order valence-corrected chi connectivity index (χ3v) is 3.58. The minimum Gasteiger partial charge on any atom is -0.506 e. The number of allylic oxidation sites excluding steroid dienone is 1. The average Bonchev–Trinajstić information content (AvgIpc) is 2.49. The van der Waals surface area contributed by atoms with Crippen LogP contribution >= 0.6 is 27.5 Å². The Labute approximate surface area is 135 Å². The third-order valence-electron chi connectivity index (χ3n) is 2.76. The highest BCUT2D eigenvalue weighted by Crippen LogP contribution is 2.33. The summed E-state index contributed by atoms with van der Waals surface area (Å²) in [6.45, 7) is 0. The second kappa shape index (κ2) is 6.57. The molecule has 0 saturated carbocycles.